The summed E-state index contributed by atoms with van der Waals surface area (Å²) in [4.78, 5) is 0. The minimum atomic E-state index is 0.938. The van der Waals surface area contributed by atoms with Crippen molar-refractivity contribution in [1.82, 2.24) is 0 Å². The fraction of sp³-hybridized carbons (Fsp3) is 0.0909. The number of hydrogen-bond acceptors (Lipinski definition) is 1. The Balaban J connectivity index is 2.79. The highest BCUT2D eigenvalue weighted by atomic mass is 16.5. The first-order chi connectivity index (χ1) is 5.92. The molecule has 12 heavy (non-hydrogen) atoms. The third kappa shape index (κ3) is 1.03. The van der Waals surface area contributed by atoms with Crippen LogP contribution in [0, 0.1) is 0 Å². The molecule has 0 unspecified atom stereocenters. The van der Waals surface area contributed by atoms with Crippen molar-refractivity contribution in [1.29, 1.82) is 0 Å². The van der Waals surface area contributed by atoms with Gasteiger partial charge >= 0.3 is 0 Å². The molecule has 2 rings (SSSR count). The number of methoxy groups -OCH3 is 1. The Kier molecular flexibility index (Phi) is 1.71. The smallest absolute Gasteiger partial charge is 0.126 e. The lowest BCUT2D eigenvalue weighted by molar-refractivity contribution is 0.420. The summed E-state index contributed by atoms with van der Waals surface area (Å²) in [5.41, 5.74) is 0. The van der Waals surface area contributed by atoms with E-state index in [0.717, 1.165) is 5.75 Å². The van der Waals surface area contributed by atoms with Gasteiger partial charge in [-0.25, -0.2) is 0 Å². The van der Waals surface area contributed by atoms with Crippen LogP contribution in [-0.4, -0.2) is 7.11 Å². The highest BCUT2D eigenvalue weighted by molar-refractivity contribution is 5.88. The Bertz CT molecular complexity index is 388. The van der Waals surface area contributed by atoms with Crippen LogP contribution in [0.1, 0.15) is 0 Å². The van der Waals surface area contributed by atoms with E-state index in [4.69, 9.17) is 4.74 Å². The molecule has 0 fully saturated rings. The molecule has 2 aromatic rings. The third-order valence-corrected chi connectivity index (χ3v) is 1.97. The number of benzene rings is 2. The minimum Gasteiger partial charge on any atom is -0.496 e. The molecular formula is C11H10O. The van der Waals surface area contributed by atoms with Crippen LogP contribution in [0.4, 0.5) is 0 Å². The molecular weight excluding hydrogens is 148 g/mol. The first kappa shape index (κ1) is 7.17. The number of rotatable bonds is 1. The Morgan fingerprint density at radius 3 is 2.50 bits per heavy atom. The molecule has 2 aromatic carbocycles. The molecule has 0 atom stereocenters. The van der Waals surface area contributed by atoms with Gasteiger partial charge in [-0.1, -0.05) is 36.4 Å². The summed E-state index contributed by atoms with van der Waals surface area (Å²) in [6.07, 6.45) is 0. The topological polar surface area (TPSA) is 9.23 Å². The predicted molar refractivity (Wildman–Crippen MR) is 50.5 cm³/mol. The molecule has 0 spiro atoms. The quantitative estimate of drug-likeness (QED) is 0.620. The highest BCUT2D eigenvalue weighted by Gasteiger charge is 1.96. The van der Waals surface area contributed by atoms with Crippen molar-refractivity contribution < 1.29 is 4.74 Å². The van der Waals surface area contributed by atoms with Gasteiger partial charge in [-0.3, -0.25) is 0 Å². The molecule has 0 bridgehead atoms. The van der Waals surface area contributed by atoms with Gasteiger partial charge in [0, 0.05) is 5.39 Å². The Hall–Kier alpha value is -1.50. The van der Waals surface area contributed by atoms with E-state index >= 15 is 0 Å². The Morgan fingerprint density at radius 1 is 0.917 bits per heavy atom. The molecule has 0 N–H and O–H groups in total. The van der Waals surface area contributed by atoms with Gasteiger partial charge in [0.05, 0.1) is 7.11 Å². The number of hydrogen-bond donors (Lipinski definition) is 0. The molecule has 0 aliphatic carbocycles. The van der Waals surface area contributed by atoms with Gasteiger partial charge in [0.15, 0.2) is 0 Å². The van der Waals surface area contributed by atoms with E-state index < -0.39 is 0 Å². The molecule has 0 radical (unpaired) electrons. The fourth-order valence-electron chi connectivity index (χ4n) is 1.37. The van der Waals surface area contributed by atoms with Crippen LogP contribution in [-0.2, 0) is 0 Å². The van der Waals surface area contributed by atoms with Crippen molar-refractivity contribution in [2.75, 3.05) is 7.11 Å². The summed E-state index contributed by atoms with van der Waals surface area (Å²) < 4.78 is 5.23. The minimum absolute atomic E-state index is 0.938. The second kappa shape index (κ2) is 2.86. The molecule has 1 nitrogen and oxygen atoms in total. The van der Waals surface area contributed by atoms with Crippen molar-refractivity contribution in [3.8, 4) is 5.75 Å². The molecule has 0 heterocycles. The lowest BCUT2D eigenvalue weighted by atomic mass is 10.1. The van der Waals surface area contributed by atoms with E-state index in [9.17, 15) is 0 Å². The van der Waals surface area contributed by atoms with E-state index in [2.05, 4.69) is 18.2 Å². The average molecular weight is 158 g/mol. The molecule has 1 heteroatoms. The van der Waals surface area contributed by atoms with Gasteiger partial charge in [0.2, 0.25) is 0 Å². The van der Waals surface area contributed by atoms with Crippen molar-refractivity contribution in [3.63, 3.8) is 0 Å². The first-order valence-corrected chi connectivity index (χ1v) is 3.93. The summed E-state index contributed by atoms with van der Waals surface area (Å²) >= 11 is 0. The van der Waals surface area contributed by atoms with E-state index in [1.165, 1.54) is 10.8 Å². The lowest BCUT2D eigenvalue weighted by Crippen LogP contribution is -1.83. The summed E-state index contributed by atoms with van der Waals surface area (Å²) in [6.45, 7) is 0. The van der Waals surface area contributed by atoms with Gasteiger partial charge in [-0.05, 0) is 11.5 Å². The van der Waals surface area contributed by atoms with E-state index in [0.29, 0.717) is 0 Å². The zero-order chi connectivity index (χ0) is 8.39. The Morgan fingerprint density at radius 2 is 1.67 bits per heavy atom. The molecule has 0 aliphatic rings. The highest BCUT2D eigenvalue weighted by Crippen LogP contribution is 2.24. The van der Waals surface area contributed by atoms with Gasteiger partial charge in [0.1, 0.15) is 5.75 Å². The van der Waals surface area contributed by atoms with Crippen LogP contribution >= 0.6 is 0 Å². The maximum absolute atomic E-state index is 5.23. The second-order valence-corrected chi connectivity index (χ2v) is 2.68. The predicted octanol–water partition coefficient (Wildman–Crippen LogP) is 2.85. The van der Waals surface area contributed by atoms with Crippen LogP contribution in [0.2, 0.25) is 0 Å². The summed E-state index contributed by atoms with van der Waals surface area (Å²) in [5, 5.41) is 2.39. The summed E-state index contributed by atoms with van der Waals surface area (Å²) in [7, 11) is 1.70. The molecule has 0 saturated carbocycles. The fourth-order valence-corrected chi connectivity index (χ4v) is 1.37. The number of ether oxygens (including phenoxy) is 1. The number of fused-ring (bicyclic) bond motifs is 1. The molecule has 0 amide bonds. The normalized spacial score (nSPS) is 10.1. The van der Waals surface area contributed by atoms with E-state index in [1.54, 1.807) is 7.11 Å². The van der Waals surface area contributed by atoms with E-state index in [-0.39, 0.29) is 0 Å². The van der Waals surface area contributed by atoms with Gasteiger partial charge < -0.3 is 4.74 Å². The standard InChI is InChI=1S/C11H10O/c1-12-11-8-4-6-9-5-2-3-7-10(9)11/h2-8H,1H3. The SMILES string of the molecule is COc1cccc2ccccc12. The first-order valence-electron chi connectivity index (χ1n) is 3.93. The van der Waals surface area contributed by atoms with Crippen LogP contribution in [0.15, 0.2) is 42.5 Å². The van der Waals surface area contributed by atoms with Crippen LogP contribution in [0.3, 0.4) is 0 Å². The Labute approximate surface area is 71.6 Å². The van der Waals surface area contributed by atoms with Crippen molar-refractivity contribution in [3.05, 3.63) is 42.5 Å². The van der Waals surface area contributed by atoms with Gasteiger partial charge in [-0.15, -0.1) is 0 Å². The maximum atomic E-state index is 5.23. The molecule has 60 valence electrons. The van der Waals surface area contributed by atoms with Gasteiger partial charge in [0.25, 0.3) is 0 Å². The zero-order valence-electron chi connectivity index (χ0n) is 6.95. The third-order valence-electron chi connectivity index (χ3n) is 1.97. The van der Waals surface area contributed by atoms with Crippen LogP contribution in [0.5, 0.6) is 5.75 Å². The van der Waals surface area contributed by atoms with Gasteiger partial charge in [-0.2, -0.15) is 0 Å². The summed E-state index contributed by atoms with van der Waals surface area (Å²) in [6, 6.07) is 14.2. The summed E-state index contributed by atoms with van der Waals surface area (Å²) in [5.74, 6) is 0.938. The van der Waals surface area contributed by atoms with Crippen LogP contribution in [0.25, 0.3) is 10.8 Å². The zero-order valence-corrected chi connectivity index (χ0v) is 6.95. The average Bonchev–Trinajstić information content (AvgIpc) is 2.17. The van der Waals surface area contributed by atoms with Crippen molar-refractivity contribution >= 4 is 10.8 Å². The largest absolute Gasteiger partial charge is 0.496 e. The maximum Gasteiger partial charge on any atom is 0.126 e. The van der Waals surface area contributed by atoms with Crippen molar-refractivity contribution in [2.24, 2.45) is 0 Å². The second-order valence-electron chi connectivity index (χ2n) is 2.68. The van der Waals surface area contributed by atoms with Crippen molar-refractivity contribution in [2.45, 2.75) is 0 Å². The molecule has 0 aliphatic heterocycles. The molecule has 0 saturated heterocycles. The van der Waals surface area contributed by atoms with E-state index in [1.807, 2.05) is 24.3 Å². The monoisotopic (exact) mass is 158 g/mol. The molecule has 0 aromatic heterocycles. The van der Waals surface area contributed by atoms with Crippen LogP contribution < -0.4 is 4.74 Å². The lowest BCUT2D eigenvalue weighted by Gasteiger charge is -2.03.